The van der Waals surface area contributed by atoms with E-state index in [0.29, 0.717) is 0 Å². The first kappa shape index (κ1) is 28.5. The second kappa shape index (κ2) is 18.7. The molecule has 3 aromatic heterocycles. The number of hydrogen-bond acceptors (Lipinski definition) is 4. The van der Waals surface area contributed by atoms with Crippen LogP contribution in [-0.4, -0.2) is 47.9 Å². The van der Waals surface area contributed by atoms with Crippen molar-refractivity contribution < 1.29 is 35.5 Å². The van der Waals surface area contributed by atoms with Crippen LogP contribution < -0.4 is 0 Å². The van der Waals surface area contributed by atoms with E-state index in [1.807, 2.05) is 50.1 Å². The molecule has 0 spiro atoms. The van der Waals surface area contributed by atoms with E-state index >= 15 is 0 Å². The molecule has 0 atom stereocenters. The molecular formula is C18H20BMoN6O3+. The summed E-state index contributed by atoms with van der Waals surface area (Å²) in [5.41, 5.74) is 0.995. The summed E-state index contributed by atoms with van der Waals surface area (Å²) in [7, 11) is -0.194. The van der Waals surface area contributed by atoms with Gasteiger partial charge in [-0.3, -0.25) is 0 Å². The van der Waals surface area contributed by atoms with Crippen molar-refractivity contribution in [2.75, 3.05) is 6.61 Å². The minimum absolute atomic E-state index is 0. The first-order valence-corrected chi connectivity index (χ1v) is 7.87. The predicted octanol–water partition coefficient (Wildman–Crippen LogP) is 1.44. The Morgan fingerprint density at radius 2 is 1.34 bits per heavy atom. The van der Waals surface area contributed by atoms with E-state index in [-0.39, 0.29) is 34.8 Å². The van der Waals surface area contributed by atoms with Crippen molar-refractivity contribution in [2.45, 2.75) is 6.92 Å². The van der Waals surface area contributed by atoms with Gasteiger partial charge >= 0.3 is 43.7 Å². The largest absolute Gasteiger partial charge is 2.00 e. The molecule has 0 aromatic carbocycles. The minimum atomic E-state index is -0.194. The Kier molecular flexibility index (Phi) is 18.3. The number of allylic oxidation sites excluding steroid dienone is 2. The van der Waals surface area contributed by atoms with E-state index in [9.17, 15) is 0 Å². The van der Waals surface area contributed by atoms with E-state index in [1.165, 1.54) is 0 Å². The van der Waals surface area contributed by atoms with Crippen LogP contribution in [0.1, 0.15) is 6.92 Å². The Labute approximate surface area is 184 Å². The average molecular weight is 475 g/mol. The zero-order valence-electron chi connectivity index (χ0n) is 15.8. The van der Waals surface area contributed by atoms with Crippen LogP contribution in [-0.2, 0) is 30.4 Å². The van der Waals surface area contributed by atoms with Crippen molar-refractivity contribution in [1.29, 1.82) is 0 Å². The van der Waals surface area contributed by atoms with Crippen LogP contribution in [0.15, 0.2) is 79.7 Å². The van der Waals surface area contributed by atoms with E-state index in [2.05, 4.69) is 35.2 Å². The van der Waals surface area contributed by atoms with Crippen LogP contribution in [0.3, 0.4) is 0 Å². The Balaban J connectivity index is 0. The molecular weight excluding hydrogens is 455 g/mol. The van der Waals surface area contributed by atoms with E-state index < -0.39 is 0 Å². The molecule has 0 amide bonds. The molecule has 3 heterocycles. The van der Waals surface area contributed by atoms with Crippen LogP contribution >= 0.6 is 0 Å². The van der Waals surface area contributed by atoms with E-state index in [1.54, 1.807) is 44.5 Å². The molecule has 9 nitrogen and oxygen atoms in total. The average Bonchev–Trinajstić information content (AvgIpc) is 3.51. The van der Waals surface area contributed by atoms with Gasteiger partial charge in [-0.25, -0.2) is 15.3 Å². The fourth-order valence-electron chi connectivity index (χ4n) is 1.91. The Bertz CT molecular complexity index is 727. The van der Waals surface area contributed by atoms with Crippen molar-refractivity contribution in [3.05, 3.63) is 99.4 Å². The molecule has 0 saturated carbocycles. The molecule has 0 aliphatic rings. The van der Waals surface area contributed by atoms with Gasteiger partial charge in [0.15, 0.2) is 0 Å². The van der Waals surface area contributed by atoms with Gasteiger partial charge in [-0.15, -0.1) is 0 Å². The predicted molar refractivity (Wildman–Crippen MR) is 102 cm³/mol. The molecule has 29 heavy (non-hydrogen) atoms. The van der Waals surface area contributed by atoms with Gasteiger partial charge < -0.3 is 18.9 Å². The van der Waals surface area contributed by atoms with Gasteiger partial charge in [-0.2, -0.15) is 0 Å². The summed E-state index contributed by atoms with van der Waals surface area (Å²) >= 11 is 0. The molecule has 2 radical (unpaired) electrons. The number of aliphatic hydroxyl groups excluding tert-OH is 1. The number of aliphatic hydroxyl groups is 1. The van der Waals surface area contributed by atoms with Gasteiger partial charge in [-0.05, 0) is 43.7 Å². The fourth-order valence-corrected chi connectivity index (χ4v) is 1.91. The van der Waals surface area contributed by atoms with Crippen LogP contribution in [0.25, 0.3) is 0 Å². The molecule has 3 aromatic rings. The first-order valence-electron chi connectivity index (χ1n) is 7.87. The summed E-state index contributed by atoms with van der Waals surface area (Å²) in [6.45, 7) is 14.6. The SMILES string of the molecule is C=C(C)[CH]/C=C/CO.[C-]#[O+].[C-]#[O+].[Mo+2].c1cnn([B-](n2cccn2)n2cccn2)c1. The van der Waals surface area contributed by atoms with Gasteiger partial charge in [0.1, 0.15) is 0 Å². The number of nitrogens with zero attached hydrogens (tertiary/aromatic N) is 6. The molecule has 0 saturated heterocycles. The van der Waals surface area contributed by atoms with Gasteiger partial charge in [0.05, 0.1) is 6.61 Å². The zero-order valence-corrected chi connectivity index (χ0v) is 17.8. The van der Waals surface area contributed by atoms with Crippen molar-refractivity contribution >= 4 is 7.12 Å². The summed E-state index contributed by atoms with van der Waals surface area (Å²) in [4.78, 5) is 0. The maximum atomic E-state index is 8.24. The van der Waals surface area contributed by atoms with Crippen LogP contribution in [0, 0.1) is 19.7 Å². The summed E-state index contributed by atoms with van der Waals surface area (Å²) < 4.78 is 20.4. The zero-order chi connectivity index (χ0) is 21.2. The standard InChI is InChI=1S/C9H9BN6.C7H11O.2CO.Mo/c1-4-11-14(7-1)10(15-8-2-5-12-15)16-9-3-6-13-16;1-7(2)5-3-4-6-8;2*1-2;/h1-9H;3-5,8H,1,6H2,2H3;;;/q-1;;;;+2/b;4-3+;;;. The van der Waals surface area contributed by atoms with Crippen LogP contribution in [0.5, 0.6) is 0 Å². The smallest absolute Gasteiger partial charge is 0.425 e. The van der Waals surface area contributed by atoms with Gasteiger partial charge in [0, 0.05) is 25.0 Å². The van der Waals surface area contributed by atoms with Gasteiger partial charge in [0.2, 0.25) is 0 Å². The third-order valence-electron chi connectivity index (χ3n) is 2.91. The van der Waals surface area contributed by atoms with Crippen LogP contribution in [0.2, 0.25) is 0 Å². The molecule has 1 N–H and O–H groups in total. The summed E-state index contributed by atoms with van der Waals surface area (Å²) in [5.74, 6) is 0. The third-order valence-corrected chi connectivity index (χ3v) is 2.91. The van der Waals surface area contributed by atoms with Gasteiger partial charge in [-0.1, -0.05) is 24.3 Å². The fraction of sp³-hybridized carbons (Fsp3) is 0.111. The Morgan fingerprint density at radius 3 is 1.59 bits per heavy atom. The number of rotatable bonds is 6. The molecule has 0 bridgehead atoms. The summed E-state index contributed by atoms with van der Waals surface area (Å²) in [5, 5.41) is 20.9. The molecule has 0 fully saturated rings. The maximum absolute atomic E-state index is 8.24. The van der Waals surface area contributed by atoms with E-state index in [0.717, 1.165) is 5.57 Å². The minimum Gasteiger partial charge on any atom is -0.425 e. The third kappa shape index (κ3) is 11.0. The van der Waals surface area contributed by atoms with Gasteiger partial charge in [0.25, 0.3) is 7.12 Å². The Hall–Kier alpha value is -2.70. The normalized spacial score (nSPS) is 9.07. The Morgan fingerprint density at radius 1 is 0.966 bits per heavy atom. The number of hydrogen-bond donors (Lipinski definition) is 1. The molecule has 0 unspecified atom stereocenters. The summed E-state index contributed by atoms with van der Waals surface area (Å²) in [6, 6.07) is 5.62. The second-order valence-corrected chi connectivity index (χ2v) is 4.93. The van der Waals surface area contributed by atoms with Crippen molar-refractivity contribution in [3.8, 4) is 0 Å². The molecule has 148 valence electrons. The number of aromatic nitrogens is 6. The molecule has 3 rings (SSSR count). The maximum Gasteiger partial charge on any atom is 2.00 e. The molecule has 11 heteroatoms. The van der Waals surface area contributed by atoms with E-state index in [4.69, 9.17) is 14.4 Å². The quantitative estimate of drug-likeness (QED) is 0.330. The topological polar surface area (TPSA) is 113 Å². The molecule has 0 aliphatic carbocycles. The van der Waals surface area contributed by atoms with Crippen molar-refractivity contribution in [2.24, 2.45) is 0 Å². The molecule has 0 aliphatic heterocycles. The van der Waals surface area contributed by atoms with Crippen molar-refractivity contribution in [1.82, 2.24) is 29.1 Å². The first-order chi connectivity index (χ1) is 13.7. The monoisotopic (exact) mass is 477 g/mol. The van der Waals surface area contributed by atoms with Crippen molar-refractivity contribution in [3.63, 3.8) is 0 Å². The summed E-state index contributed by atoms with van der Waals surface area (Å²) in [6.07, 6.45) is 16.1. The van der Waals surface area contributed by atoms with Crippen LogP contribution in [0.4, 0.5) is 0 Å². The second-order valence-electron chi connectivity index (χ2n) is 4.93.